The molecule has 108 valence electrons. The first kappa shape index (κ1) is 15.0. The van der Waals surface area contributed by atoms with E-state index in [2.05, 4.69) is 41.7 Å². The topological polar surface area (TPSA) is 34.1 Å². The van der Waals surface area contributed by atoms with Crippen molar-refractivity contribution in [3.8, 4) is 5.75 Å². The van der Waals surface area contributed by atoms with Gasteiger partial charge < -0.3 is 10.1 Å². The maximum Gasteiger partial charge on any atom is 0.119 e. The van der Waals surface area contributed by atoms with Crippen molar-refractivity contribution in [1.82, 2.24) is 10.3 Å². The molecule has 0 bridgehead atoms. The molecule has 2 rings (SSSR count). The van der Waals surface area contributed by atoms with Crippen LogP contribution in [0.4, 0.5) is 0 Å². The molecule has 0 fully saturated rings. The van der Waals surface area contributed by atoms with Crippen molar-refractivity contribution in [2.24, 2.45) is 0 Å². The zero-order valence-corrected chi connectivity index (χ0v) is 13.0. The number of nitrogens with zero attached hydrogens (tertiary/aromatic N) is 1. The quantitative estimate of drug-likeness (QED) is 0.802. The van der Waals surface area contributed by atoms with E-state index >= 15 is 0 Å². The Bertz CT molecular complexity index is 482. The molecule has 1 unspecified atom stereocenters. The Balaban J connectivity index is 1.78. The van der Waals surface area contributed by atoms with Crippen LogP contribution in [0, 0.1) is 0 Å². The van der Waals surface area contributed by atoms with E-state index in [4.69, 9.17) is 4.74 Å². The fraction of sp³-hybridized carbons (Fsp3) is 0.438. The number of hydrogen-bond acceptors (Lipinski definition) is 4. The summed E-state index contributed by atoms with van der Waals surface area (Å²) in [6, 6.07) is 8.69. The lowest BCUT2D eigenvalue weighted by molar-refractivity contribution is 0.317. The van der Waals surface area contributed by atoms with Crippen LogP contribution in [0.25, 0.3) is 0 Å². The lowest BCUT2D eigenvalue weighted by Crippen LogP contribution is -2.21. The molecule has 0 aliphatic heterocycles. The van der Waals surface area contributed by atoms with Crippen LogP contribution in [0.1, 0.15) is 37.6 Å². The standard InChI is InChI=1S/C16H22N2OS/c1-3-10-19-16-6-4-14(5-7-16)13(2)17-9-8-15-11-20-12-18-15/h4-7,11-13,17H,3,8-10H2,1-2H3. The number of ether oxygens (including phenoxy) is 1. The number of rotatable bonds is 8. The van der Waals surface area contributed by atoms with Crippen molar-refractivity contribution < 1.29 is 4.74 Å². The zero-order valence-electron chi connectivity index (χ0n) is 12.1. The summed E-state index contributed by atoms with van der Waals surface area (Å²) in [7, 11) is 0. The average Bonchev–Trinajstić information content (AvgIpc) is 2.99. The fourth-order valence-electron chi connectivity index (χ4n) is 1.97. The average molecular weight is 290 g/mol. The van der Waals surface area contributed by atoms with Crippen molar-refractivity contribution in [1.29, 1.82) is 0 Å². The summed E-state index contributed by atoms with van der Waals surface area (Å²) in [5, 5.41) is 5.63. The third-order valence-electron chi connectivity index (χ3n) is 3.17. The molecule has 20 heavy (non-hydrogen) atoms. The first-order valence-electron chi connectivity index (χ1n) is 7.12. The monoisotopic (exact) mass is 290 g/mol. The van der Waals surface area contributed by atoms with Crippen molar-refractivity contribution in [3.05, 3.63) is 46.4 Å². The summed E-state index contributed by atoms with van der Waals surface area (Å²) in [5.41, 5.74) is 4.33. The lowest BCUT2D eigenvalue weighted by Gasteiger charge is -2.14. The maximum atomic E-state index is 5.59. The van der Waals surface area contributed by atoms with Crippen molar-refractivity contribution in [2.45, 2.75) is 32.7 Å². The first-order chi connectivity index (χ1) is 9.79. The van der Waals surface area contributed by atoms with Crippen LogP contribution in [0.5, 0.6) is 5.75 Å². The molecule has 0 aliphatic carbocycles. The van der Waals surface area contributed by atoms with E-state index in [1.54, 1.807) is 11.3 Å². The van der Waals surface area contributed by atoms with E-state index < -0.39 is 0 Å². The minimum absolute atomic E-state index is 0.342. The Hall–Kier alpha value is -1.39. The Kier molecular flexibility index (Phi) is 6.02. The molecular formula is C16H22N2OS. The van der Waals surface area contributed by atoms with Gasteiger partial charge in [-0.2, -0.15) is 0 Å². The highest BCUT2D eigenvalue weighted by Crippen LogP contribution is 2.17. The van der Waals surface area contributed by atoms with E-state index in [1.807, 2.05) is 17.6 Å². The summed E-state index contributed by atoms with van der Waals surface area (Å²) in [5.74, 6) is 0.949. The maximum absolute atomic E-state index is 5.59. The molecule has 1 aromatic heterocycles. The molecule has 1 heterocycles. The number of hydrogen-bond donors (Lipinski definition) is 1. The summed E-state index contributed by atoms with van der Waals surface area (Å²) >= 11 is 1.65. The Morgan fingerprint density at radius 2 is 2.10 bits per heavy atom. The molecule has 2 aromatic rings. The van der Waals surface area contributed by atoms with Crippen LogP contribution in [0.15, 0.2) is 35.2 Å². The smallest absolute Gasteiger partial charge is 0.119 e. The second kappa shape index (κ2) is 8.02. The largest absolute Gasteiger partial charge is 0.494 e. The zero-order chi connectivity index (χ0) is 14.2. The Labute approximate surface area is 125 Å². The van der Waals surface area contributed by atoms with Crippen molar-refractivity contribution >= 4 is 11.3 Å². The summed E-state index contributed by atoms with van der Waals surface area (Å²) in [6.45, 7) is 6.02. The van der Waals surface area contributed by atoms with Gasteiger partial charge in [-0.1, -0.05) is 19.1 Å². The van der Waals surface area contributed by atoms with Gasteiger partial charge in [0.05, 0.1) is 17.8 Å². The molecule has 1 N–H and O–H groups in total. The molecule has 0 amide bonds. The van der Waals surface area contributed by atoms with Gasteiger partial charge in [-0.25, -0.2) is 4.98 Å². The third kappa shape index (κ3) is 4.62. The van der Waals surface area contributed by atoms with Gasteiger partial charge in [-0.05, 0) is 31.0 Å². The molecule has 1 aromatic carbocycles. The molecule has 0 saturated heterocycles. The van der Waals surface area contributed by atoms with E-state index in [9.17, 15) is 0 Å². The van der Waals surface area contributed by atoms with Crippen molar-refractivity contribution in [2.75, 3.05) is 13.2 Å². The highest BCUT2D eigenvalue weighted by molar-refractivity contribution is 7.07. The van der Waals surface area contributed by atoms with E-state index in [1.165, 1.54) is 5.56 Å². The van der Waals surface area contributed by atoms with Gasteiger partial charge >= 0.3 is 0 Å². The van der Waals surface area contributed by atoms with Gasteiger partial charge in [0, 0.05) is 24.4 Å². The second-order valence-corrected chi connectivity index (χ2v) is 5.54. The van der Waals surface area contributed by atoms with Crippen LogP contribution in [-0.2, 0) is 6.42 Å². The predicted molar refractivity (Wildman–Crippen MR) is 84.5 cm³/mol. The molecule has 1 atom stereocenters. The number of benzene rings is 1. The molecule has 4 heteroatoms. The summed E-state index contributed by atoms with van der Waals surface area (Å²) in [4.78, 5) is 4.29. The Morgan fingerprint density at radius 1 is 1.30 bits per heavy atom. The summed E-state index contributed by atoms with van der Waals surface area (Å²) < 4.78 is 5.59. The molecule has 0 aliphatic rings. The van der Waals surface area contributed by atoms with E-state index in [0.29, 0.717) is 6.04 Å². The minimum Gasteiger partial charge on any atom is -0.494 e. The highest BCUT2D eigenvalue weighted by atomic mass is 32.1. The summed E-state index contributed by atoms with van der Waals surface area (Å²) in [6.07, 6.45) is 2.02. The molecular weight excluding hydrogens is 268 g/mol. The highest BCUT2D eigenvalue weighted by Gasteiger charge is 2.05. The molecule has 0 spiro atoms. The van der Waals surface area contributed by atoms with Crippen LogP contribution in [-0.4, -0.2) is 18.1 Å². The van der Waals surface area contributed by atoms with Gasteiger partial charge in [0.1, 0.15) is 5.75 Å². The van der Waals surface area contributed by atoms with Crippen molar-refractivity contribution in [3.63, 3.8) is 0 Å². The van der Waals surface area contributed by atoms with Gasteiger partial charge in [0.25, 0.3) is 0 Å². The lowest BCUT2D eigenvalue weighted by atomic mass is 10.1. The normalized spacial score (nSPS) is 12.3. The van der Waals surface area contributed by atoms with Crippen LogP contribution in [0.2, 0.25) is 0 Å². The van der Waals surface area contributed by atoms with Gasteiger partial charge in [-0.15, -0.1) is 11.3 Å². The van der Waals surface area contributed by atoms with Crippen LogP contribution in [0.3, 0.4) is 0 Å². The van der Waals surface area contributed by atoms with Gasteiger partial charge in [-0.3, -0.25) is 0 Å². The van der Waals surface area contributed by atoms with E-state index in [-0.39, 0.29) is 0 Å². The Morgan fingerprint density at radius 3 is 2.75 bits per heavy atom. The number of nitrogens with one attached hydrogen (secondary N) is 1. The third-order valence-corrected chi connectivity index (χ3v) is 3.80. The predicted octanol–water partition coefficient (Wildman–Crippen LogP) is 3.83. The van der Waals surface area contributed by atoms with Gasteiger partial charge in [0.15, 0.2) is 0 Å². The number of aromatic nitrogens is 1. The van der Waals surface area contributed by atoms with Gasteiger partial charge in [0.2, 0.25) is 0 Å². The molecule has 0 saturated carbocycles. The van der Waals surface area contributed by atoms with Crippen LogP contribution < -0.4 is 10.1 Å². The number of thiazole rings is 1. The second-order valence-electron chi connectivity index (χ2n) is 4.82. The van der Waals surface area contributed by atoms with E-state index in [0.717, 1.165) is 37.4 Å². The molecule has 0 radical (unpaired) electrons. The molecule has 3 nitrogen and oxygen atoms in total. The first-order valence-corrected chi connectivity index (χ1v) is 8.07. The SMILES string of the molecule is CCCOc1ccc(C(C)NCCc2cscn2)cc1. The van der Waals surface area contributed by atoms with Crippen LogP contribution >= 0.6 is 11.3 Å². The minimum atomic E-state index is 0.342. The fourth-order valence-corrected chi connectivity index (χ4v) is 2.56.